The summed E-state index contributed by atoms with van der Waals surface area (Å²) in [7, 11) is 0. The molecule has 0 fully saturated rings. The van der Waals surface area contributed by atoms with Gasteiger partial charge in [0.15, 0.2) is 5.82 Å². The first kappa shape index (κ1) is 9.09. The molecule has 4 heteroatoms. The zero-order valence-electron chi connectivity index (χ0n) is 7.61. The van der Waals surface area contributed by atoms with Crippen LogP contribution < -0.4 is 0 Å². The van der Waals surface area contributed by atoms with Crippen molar-refractivity contribution in [3.63, 3.8) is 0 Å². The van der Waals surface area contributed by atoms with Crippen LogP contribution in [0.5, 0.6) is 0 Å². The third-order valence-electron chi connectivity index (χ3n) is 1.83. The van der Waals surface area contributed by atoms with Crippen LogP contribution in [0.3, 0.4) is 0 Å². The molecule has 70 valence electrons. The molecule has 2 rings (SSSR count). The number of aromatic nitrogens is 3. The van der Waals surface area contributed by atoms with E-state index in [1.165, 1.54) is 0 Å². The van der Waals surface area contributed by atoms with Gasteiger partial charge < -0.3 is 0 Å². The molecule has 2 aromatic rings. The molecular weight excluding hydrogens is 198 g/mol. The maximum Gasteiger partial charge on any atom is 0.162 e. The number of halogens is 1. The molecule has 0 radical (unpaired) electrons. The van der Waals surface area contributed by atoms with Crippen LogP contribution in [0.1, 0.15) is 5.56 Å². The third kappa shape index (κ3) is 1.72. The van der Waals surface area contributed by atoms with Gasteiger partial charge in [-0.2, -0.15) is 0 Å². The summed E-state index contributed by atoms with van der Waals surface area (Å²) >= 11 is 5.89. The van der Waals surface area contributed by atoms with E-state index in [1.54, 1.807) is 18.6 Å². The van der Waals surface area contributed by atoms with Gasteiger partial charge in [-0.1, -0.05) is 11.6 Å². The predicted molar refractivity (Wildman–Crippen MR) is 55.0 cm³/mol. The summed E-state index contributed by atoms with van der Waals surface area (Å²) in [6, 6.07) is 3.74. The van der Waals surface area contributed by atoms with E-state index >= 15 is 0 Å². The largest absolute Gasteiger partial charge is 0.264 e. The number of hydrogen-bond donors (Lipinski definition) is 0. The van der Waals surface area contributed by atoms with E-state index < -0.39 is 0 Å². The maximum atomic E-state index is 5.89. The van der Waals surface area contributed by atoms with Gasteiger partial charge in [-0.05, 0) is 19.1 Å². The van der Waals surface area contributed by atoms with Crippen molar-refractivity contribution in [3.05, 3.63) is 41.4 Å². The zero-order chi connectivity index (χ0) is 9.97. The summed E-state index contributed by atoms with van der Waals surface area (Å²) in [6.45, 7) is 1.87. The van der Waals surface area contributed by atoms with Crippen LogP contribution in [-0.4, -0.2) is 15.0 Å². The van der Waals surface area contributed by atoms with E-state index in [9.17, 15) is 0 Å². The fourth-order valence-electron chi connectivity index (χ4n) is 1.06. The van der Waals surface area contributed by atoms with Crippen molar-refractivity contribution in [3.8, 4) is 11.4 Å². The lowest BCUT2D eigenvalue weighted by molar-refractivity contribution is 1.13. The second-order valence-electron chi connectivity index (χ2n) is 2.91. The minimum Gasteiger partial charge on any atom is -0.264 e. The summed E-state index contributed by atoms with van der Waals surface area (Å²) in [6.07, 6.45) is 5.12. The molecule has 2 heterocycles. The SMILES string of the molecule is Cc1cnc(-c2cccnc2)nc1Cl. The quantitative estimate of drug-likeness (QED) is 0.672. The lowest BCUT2D eigenvalue weighted by Gasteiger charge is -2.00. The van der Waals surface area contributed by atoms with Crippen LogP contribution in [0.4, 0.5) is 0 Å². The molecule has 0 N–H and O–H groups in total. The van der Waals surface area contributed by atoms with Crippen LogP contribution in [0.25, 0.3) is 11.4 Å². The summed E-state index contributed by atoms with van der Waals surface area (Å²) in [4.78, 5) is 12.3. The third-order valence-corrected chi connectivity index (χ3v) is 2.21. The number of rotatable bonds is 1. The molecule has 0 saturated carbocycles. The van der Waals surface area contributed by atoms with E-state index in [-0.39, 0.29) is 0 Å². The van der Waals surface area contributed by atoms with Crippen LogP contribution in [0.2, 0.25) is 5.15 Å². The van der Waals surface area contributed by atoms with Gasteiger partial charge in [0, 0.05) is 29.7 Å². The van der Waals surface area contributed by atoms with E-state index in [2.05, 4.69) is 15.0 Å². The highest BCUT2D eigenvalue weighted by Gasteiger charge is 2.03. The van der Waals surface area contributed by atoms with Crippen LogP contribution in [0, 0.1) is 6.92 Å². The monoisotopic (exact) mass is 205 g/mol. The first-order chi connectivity index (χ1) is 6.77. The number of nitrogens with zero attached hydrogens (tertiary/aromatic N) is 3. The number of aryl methyl sites for hydroxylation is 1. The van der Waals surface area contributed by atoms with Crippen molar-refractivity contribution in [1.82, 2.24) is 15.0 Å². The van der Waals surface area contributed by atoms with Crippen molar-refractivity contribution in [2.45, 2.75) is 6.92 Å². The Kier molecular flexibility index (Phi) is 2.41. The Balaban J connectivity index is 2.48. The zero-order valence-corrected chi connectivity index (χ0v) is 8.36. The van der Waals surface area contributed by atoms with E-state index in [0.717, 1.165) is 11.1 Å². The first-order valence-electron chi connectivity index (χ1n) is 4.17. The fraction of sp³-hybridized carbons (Fsp3) is 0.100. The van der Waals surface area contributed by atoms with E-state index in [4.69, 9.17) is 11.6 Å². The maximum absolute atomic E-state index is 5.89. The van der Waals surface area contributed by atoms with E-state index in [0.29, 0.717) is 11.0 Å². The Morgan fingerprint density at radius 1 is 1.29 bits per heavy atom. The van der Waals surface area contributed by atoms with Crippen molar-refractivity contribution >= 4 is 11.6 Å². The Morgan fingerprint density at radius 3 is 2.79 bits per heavy atom. The molecule has 3 nitrogen and oxygen atoms in total. The Bertz CT molecular complexity index is 442. The lowest BCUT2D eigenvalue weighted by Crippen LogP contribution is -1.91. The first-order valence-corrected chi connectivity index (χ1v) is 4.55. The molecule has 14 heavy (non-hydrogen) atoms. The van der Waals surface area contributed by atoms with Gasteiger partial charge >= 0.3 is 0 Å². The van der Waals surface area contributed by atoms with Gasteiger partial charge in [-0.3, -0.25) is 4.98 Å². The molecule has 2 aromatic heterocycles. The van der Waals surface area contributed by atoms with Crippen molar-refractivity contribution in [1.29, 1.82) is 0 Å². The summed E-state index contributed by atoms with van der Waals surface area (Å²) < 4.78 is 0. The van der Waals surface area contributed by atoms with Gasteiger partial charge in [0.2, 0.25) is 0 Å². The highest BCUT2D eigenvalue weighted by atomic mass is 35.5. The summed E-state index contributed by atoms with van der Waals surface area (Å²) in [5, 5.41) is 0.485. The minimum absolute atomic E-state index is 0.485. The normalized spacial score (nSPS) is 10.1. The van der Waals surface area contributed by atoms with Gasteiger partial charge in [-0.15, -0.1) is 0 Å². The van der Waals surface area contributed by atoms with Gasteiger partial charge in [0.05, 0.1) is 0 Å². The van der Waals surface area contributed by atoms with Crippen LogP contribution in [-0.2, 0) is 0 Å². The Morgan fingerprint density at radius 2 is 2.14 bits per heavy atom. The molecular formula is C10H8ClN3. The molecule has 0 spiro atoms. The fourth-order valence-corrected chi connectivity index (χ4v) is 1.18. The highest BCUT2D eigenvalue weighted by molar-refractivity contribution is 6.30. The molecule has 0 bridgehead atoms. The molecule has 0 aromatic carbocycles. The molecule has 0 saturated heterocycles. The molecule has 0 aliphatic rings. The van der Waals surface area contributed by atoms with Crippen molar-refractivity contribution in [2.24, 2.45) is 0 Å². The Hall–Kier alpha value is -1.48. The second kappa shape index (κ2) is 3.72. The lowest BCUT2D eigenvalue weighted by atomic mass is 10.2. The van der Waals surface area contributed by atoms with Gasteiger partial charge in [-0.25, -0.2) is 9.97 Å². The average molecular weight is 206 g/mol. The van der Waals surface area contributed by atoms with Crippen LogP contribution in [0.15, 0.2) is 30.7 Å². The average Bonchev–Trinajstić information content (AvgIpc) is 2.23. The number of hydrogen-bond acceptors (Lipinski definition) is 3. The highest BCUT2D eigenvalue weighted by Crippen LogP contribution is 2.17. The molecule has 0 atom stereocenters. The van der Waals surface area contributed by atoms with Crippen LogP contribution >= 0.6 is 11.6 Å². The standard InChI is InChI=1S/C10H8ClN3/c1-7-5-13-10(14-9(7)11)8-3-2-4-12-6-8/h2-6H,1H3. The second-order valence-corrected chi connectivity index (χ2v) is 3.27. The summed E-state index contributed by atoms with van der Waals surface area (Å²) in [5.41, 5.74) is 1.74. The molecule has 0 aliphatic heterocycles. The van der Waals surface area contributed by atoms with Crippen molar-refractivity contribution < 1.29 is 0 Å². The predicted octanol–water partition coefficient (Wildman–Crippen LogP) is 2.50. The smallest absolute Gasteiger partial charge is 0.162 e. The Labute approximate surface area is 86.8 Å². The minimum atomic E-state index is 0.485. The molecule has 0 unspecified atom stereocenters. The molecule has 0 amide bonds. The van der Waals surface area contributed by atoms with Gasteiger partial charge in [0.1, 0.15) is 5.15 Å². The van der Waals surface area contributed by atoms with Crippen molar-refractivity contribution in [2.75, 3.05) is 0 Å². The van der Waals surface area contributed by atoms with Gasteiger partial charge in [0.25, 0.3) is 0 Å². The molecule has 0 aliphatic carbocycles. The topological polar surface area (TPSA) is 38.7 Å². The summed E-state index contributed by atoms with van der Waals surface area (Å²) in [5.74, 6) is 0.605. The van der Waals surface area contributed by atoms with E-state index in [1.807, 2.05) is 19.1 Å². The number of pyridine rings is 1.